The fourth-order valence-electron chi connectivity index (χ4n) is 22.0. The summed E-state index contributed by atoms with van der Waals surface area (Å²) >= 11 is 10.8. The lowest BCUT2D eigenvalue weighted by Gasteiger charge is -2.49. The average molecular weight is 2090 g/mol. The predicted octanol–water partition coefficient (Wildman–Crippen LogP) is 3.82. The molecule has 1 unspecified atom stereocenters. The van der Waals surface area contributed by atoms with Gasteiger partial charge in [-0.1, -0.05) is 77.7 Å². The number of carbonyl (C=O) groups excluding carboxylic acids is 8. The Kier molecular flexibility index (Phi) is 35.7. The summed E-state index contributed by atoms with van der Waals surface area (Å²) in [5, 5.41) is 95.2. The summed E-state index contributed by atoms with van der Waals surface area (Å²) in [5.74, 6) is -7.44. The molecule has 0 aromatic carbocycles. The smallest absolute Gasteiger partial charge is 0.358 e. The molecule has 16 aliphatic rings. The van der Waals surface area contributed by atoms with Crippen LogP contribution in [0.4, 0.5) is 0 Å². The maximum atomic E-state index is 13.3. The molecule has 9 saturated heterocycles. The average Bonchev–Trinajstić information content (AvgIpc) is 1.56. The Bertz CT molecular complexity index is 5300. The van der Waals surface area contributed by atoms with Gasteiger partial charge in [0.05, 0.1) is 96.0 Å². The van der Waals surface area contributed by atoms with E-state index in [1.54, 1.807) is 88.7 Å². The lowest BCUT2D eigenvalue weighted by Crippen LogP contribution is -2.63. The third-order valence-corrected chi connectivity index (χ3v) is 38.0. The van der Waals surface area contributed by atoms with Crippen LogP contribution in [0, 0.1) is 64.6 Å². The number of hydrogen-bond acceptors (Lipinski definition) is 35. The van der Waals surface area contributed by atoms with Crippen LogP contribution in [0.15, 0.2) is 91.1 Å². The first kappa shape index (κ1) is 110. The number of ether oxygens (including phenoxy) is 2. The van der Waals surface area contributed by atoms with Crippen LogP contribution < -0.4 is 38.5 Å². The number of carboxylic acid groups (broad SMARTS) is 4. The number of fused-ring (bicyclic) bond motifs is 5. The molecule has 40 nitrogen and oxygen atoms in total. The number of nitrogens with one attached hydrogen (secondary N) is 4. The second-order valence-electron chi connectivity index (χ2n) is 39.8. The number of nitrogens with two attached hydrogens (primary N) is 3. The van der Waals surface area contributed by atoms with E-state index in [1.165, 1.54) is 79.1 Å². The Labute approximate surface area is 850 Å². The van der Waals surface area contributed by atoms with Gasteiger partial charge in [-0.2, -0.15) is 0 Å². The van der Waals surface area contributed by atoms with Gasteiger partial charge in [-0.15, -0.1) is 58.4 Å². The predicted molar refractivity (Wildman–Crippen MR) is 540 cm³/mol. The SMILES string of the molecule is C=C1[C@H](CC)[C@H]2[C@@H](C)C(S[C@@H]3CN[C@H](CCCNC)C3)=C(C(=O)O)N12.C[C@@H](O)[C@H]1C(=O)N2C(C(=O)O)=C(SC3C[C@@H](C(=O)N4CC[C@H](NC(=O)CN=C(N)N)C4)N(C)C3)[C@H](C)[C@H]12.C[C@@H](O)[C@H]1C(=O)N2C(C(=O)O)=C(SCCN)[C@H](C)[C@H]12.C[C@@H](O)[C@H]1C(=O)N2C(C(=O)OCOC(=O)C(C)(C)C)=C(SC3CN(C4=NCCS4)C3)[C@H](C)[C@H]12.C[C@H]1C=C(c2csc(SC3=C(C(=O)O)N4C(=O)[C@H]([C@@H](C)O)[C@H]4[C@H]3C)n2)CN1. The van der Waals surface area contributed by atoms with E-state index in [0.29, 0.717) is 94.5 Å². The maximum absolute atomic E-state index is 13.3. The fourth-order valence-corrected chi connectivity index (χ4v) is 30.7. The first-order valence-corrected chi connectivity index (χ1v) is 54.5. The van der Waals surface area contributed by atoms with Gasteiger partial charge < -0.3 is 123 Å². The van der Waals surface area contributed by atoms with Crippen LogP contribution in [0.25, 0.3) is 5.57 Å². The topological polar surface area (TPSA) is 575 Å². The first-order chi connectivity index (χ1) is 66.6. The van der Waals surface area contributed by atoms with Crippen LogP contribution in [0.3, 0.4) is 0 Å². The van der Waals surface area contributed by atoms with E-state index in [0.717, 1.165) is 94.1 Å². The summed E-state index contributed by atoms with van der Waals surface area (Å²) in [6.07, 6.45) is 4.63. The molecule has 776 valence electrons. The molecule has 141 heavy (non-hydrogen) atoms. The molecule has 9 fully saturated rings. The number of amidine groups is 1. The number of likely N-dealkylation sites (N-methyl/N-ethyl adjacent to an activating group) is 1. The number of likely N-dealkylation sites (tertiary alicyclic amines) is 3. The normalized spacial score (nSPS) is 31.3. The van der Waals surface area contributed by atoms with Gasteiger partial charge in [0.1, 0.15) is 35.0 Å². The highest BCUT2D eigenvalue weighted by atomic mass is 32.2. The minimum absolute atomic E-state index is 0.000632. The van der Waals surface area contributed by atoms with Crippen LogP contribution in [0.1, 0.15) is 141 Å². The molecule has 0 saturated carbocycles. The Morgan fingerprint density at radius 3 is 1.66 bits per heavy atom. The van der Waals surface area contributed by atoms with Crippen molar-refractivity contribution >= 4 is 170 Å². The third-order valence-electron chi connectivity index (χ3n) is 29.0. The molecule has 0 radical (unpaired) electrons. The van der Waals surface area contributed by atoms with E-state index in [-0.39, 0.29) is 147 Å². The number of guanidine groups is 1. The maximum Gasteiger partial charge on any atom is 0.358 e. The standard InChI is InChI=1S/C23H35N7O6S.C22H31N3O6S2.C19H31N3O2S.C18H21N3O4S2.C12H18N2O4S/c1-10-17-16(11(2)31)21(34)30(17)18(22(35)36)19(10)37-13-6-14(28(3)9-13)20(33)29-5-4-12(8-29)27-15(32)7-26-23(24)25;1-11-15-14(12(2)26)18(27)25(15)16(19(28)30-10-31-20(29)22(3,4)5)17(11)33-13-8-24(9-13)21-23-6-7-32-21;1-5-15-12(3)22-16(15)11(2)18(17(22)19(23)24)25-14-9-13(21-10-14)7-6-8-20-4;1-7-4-10(5-19-7)11-6-26-18(20-11)27-15-8(2)13-12(9(3)22)16(23)21(13)14(15)17(24)25;1-5-8-7(6(2)15)11(16)14(8)9(12(17)18)10(5)19-4-3-13/h10-14,16-17,31H,4-9H2,1-3H3,(H,27,32)(H,35,36)(H4,24,25,26);11-15,26H,6-10H2,1-5H3;11,13-16,20-21H,3,5-10H2,1-2,4H3,(H,23,24);4,6-9,12-13,19,22H,5H2,1-3H3,(H,24,25);5-8,15H,3-4,13H2,1-2H3,(H,17,18)/t10-,11-,12+,13?,14+,16-,17-;11-,12-,14-,15-;11-,13-,14+,15+,16-;7-,8+,9+,12+,13+;5-,6-,7-,8-/m11101/s1. The molecule has 0 bridgehead atoms. The number of aliphatic imine (C=N–C) groups is 2. The van der Waals surface area contributed by atoms with Crippen molar-refractivity contribution in [3.05, 3.63) is 82.4 Å². The van der Waals surface area contributed by atoms with Crippen LogP contribution in [0.5, 0.6) is 0 Å². The largest absolute Gasteiger partial charge is 0.477 e. The van der Waals surface area contributed by atoms with E-state index in [9.17, 15) is 98.4 Å². The highest BCUT2D eigenvalue weighted by molar-refractivity contribution is 8.14. The zero-order chi connectivity index (χ0) is 103. The lowest BCUT2D eigenvalue weighted by atomic mass is 9.79. The molecular weight excluding hydrogens is 1960 g/mol. The molecular formula is C94H136N18O22S7. The third kappa shape index (κ3) is 22.4. The molecule has 25 atom stereocenters. The van der Waals surface area contributed by atoms with Crippen molar-refractivity contribution in [1.82, 2.24) is 65.5 Å². The molecule has 17 heterocycles. The fraction of sp³-hybridized carbons (Fsp3) is 0.670. The molecule has 47 heteroatoms. The van der Waals surface area contributed by atoms with Gasteiger partial charge in [0, 0.05) is 175 Å². The van der Waals surface area contributed by atoms with Crippen molar-refractivity contribution in [3.8, 4) is 0 Å². The highest BCUT2D eigenvalue weighted by Crippen LogP contribution is 2.59. The Hall–Kier alpha value is -8.27. The number of aliphatic hydroxyl groups excluding tert-OH is 4. The molecule has 6 amide bonds. The summed E-state index contributed by atoms with van der Waals surface area (Å²) in [5.41, 5.74) is 19.1. The van der Waals surface area contributed by atoms with Gasteiger partial charge in [-0.05, 0) is 120 Å². The van der Waals surface area contributed by atoms with Crippen molar-refractivity contribution in [2.45, 2.75) is 234 Å². The number of carbonyl (C=O) groups is 12. The molecule has 1 aromatic rings. The van der Waals surface area contributed by atoms with Crippen molar-refractivity contribution < 1.29 is 108 Å². The van der Waals surface area contributed by atoms with Crippen molar-refractivity contribution in [2.75, 3.05) is 104 Å². The van der Waals surface area contributed by atoms with Gasteiger partial charge >= 0.3 is 35.8 Å². The van der Waals surface area contributed by atoms with E-state index in [2.05, 4.69) is 74.6 Å². The van der Waals surface area contributed by atoms with Crippen molar-refractivity contribution in [2.24, 2.45) is 91.8 Å². The van der Waals surface area contributed by atoms with Crippen LogP contribution >= 0.6 is 81.9 Å². The van der Waals surface area contributed by atoms with Crippen LogP contribution in [-0.4, -0.2) is 366 Å². The molecule has 0 spiro atoms. The monoisotopic (exact) mass is 2090 g/mol. The number of amides is 6. The summed E-state index contributed by atoms with van der Waals surface area (Å²) < 4.78 is 11.1. The zero-order valence-electron chi connectivity index (χ0n) is 82.3. The van der Waals surface area contributed by atoms with E-state index in [1.807, 2.05) is 57.0 Å². The van der Waals surface area contributed by atoms with Crippen molar-refractivity contribution in [1.29, 1.82) is 0 Å². The zero-order valence-corrected chi connectivity index (χ0v) is 88.0. The number of esters is 2. The number of aliphatic carboxylic acids is 4. The van der Waals surface area contributed by atoms with Gasteiger partial charge in [-0.25, -0.2) is 33.9 Å². The van der Waals surface area contributed by atoms with E-state index in [4.69, 9.17) is 26.7 Å². The van der Waals surface area contributed by atoms with Gasteiger partial charge in [-0.3, -0.25) is 43.5 Å². The van der Waals surface area contributed by atoms with Crippen LogP contribution in [-0.2, 0) is 67.0 Å². The van der Waals surface area contributed by atoms with Crippen LogP contribution in [0.2, 0.25) is 0 Å². The molecule has 17 rings (SSSR count). The summed E-state index contributed by atoms with van der Waals surface area (Å²) in [4.78, 5) is 177. The number of carboxylic acids is 4. The number of aliphatic hydroxyl groups is 4. The number of aromatic nitrogens is 1. The number of thiazole rings is 1. The van der Waals surface area contributed by atoms with Gasteiger partial charge in [0.25, 0.3) is 0 Å². The summed E-state index contributed by atoms with van der Waals surface area (Å²) in [6, 6.07) is -0.518. The molecule has 18 N–H and O–H groups in total. The number of hydrogen-bond donors (Lipinski definition) is 15. The summed E-state index contributed by atoms with van der Waals surface area (Å²) in [7, 11) is 3.86. The number of rotatable bonds is 32. The molecule has 16 aliphatic heterocycles. The highest BCUT2D eigenvalue weighted by Gasteiger charge is 2.65. The second-order valence-corrected chi connectivity index (χ2v) is 48.2. The van der Waals surface area contributed by atoms with E-state index < -0.39 is 96.1 Å². The lowest BCUT2D eigenvalue weighted by molar-refractivity contribution is -0.175. The second kappa shape index (κ2) is 45.8. The van der Waals surface area contributed by atoms with Gasteiger partial charge in [0.2, 0.25) is 42.2 Å². The molecule has 0 aliphatic carbocycles. The van der Waals surface area contributed by atoms with E-state index >= 15 is 0 Å². The number of thioether (sulfide) groups is 6. The minimum atomic E-state index is -1.15. The van der Waals surface area contributed by atoms with Crippen molar-refractivity contribution in [3.63, 3.8) is 0 Å². The van der Waals surface area contributed by atoms with Gasteiger partial charge in [0.15, 0.2) is 15.5 Å². The number of β-lactam (4-membered cyclic amide) rings is 4. The Morgan fingerprint density at radius 1 is 0.660 bits per heavy atom. The number of nitrogens with zero attached hydrogens (tertiary/aromatic N) is 11. The first-order valence-electron chi connectivity index (χ1n) is 48.2. The molecule has 1 aromatic heterocycles. The summed E-state index contributed by atoms with van der Waals surface area (Å²) in [6.45, 7) is 36.3. The minimum Gasteiger partial charge on any atom is -0.477 e. The Balaban J connectivity index is 0.000000151. The Morgan fingerprint density at radius 2 is 1.16 bits per heavy atom. The quantitative estimate of drug-likeness (QED) is 0.0122.